The van der Waals surface area contributed by atoms with Gasteiger partial charge in [0.15, 0.2) is 0 Å². The Morgan fingerprint density at radius 1 is 1.30 bits per heavy atom. The van der Waals surface area contributed by atoms with Crippen LogP contribution in [0.4, 0.5) is 0 Å². The van der Waals surface area contributed by atoms with E-state index in [1.54, 1.807) is 11.8 Å². The predicted molar refractivity (Wildman–Crippen MR) is 80.9 cm³/mol. The van der Waals surface area contributed by atoms with Gasteiger partial charge in [0.05, 0.1) is 6.61 Å². The molecule has 1 amide bonds. The van der Waals surface area contributed by atoms with E-state index in [4.69, 9.17) is 9.84 Å². The highest BCUT2D eigenvalue weighted by molar-refractivity contribution is 9.10. The lowest BCUT2D eigenvalue weighted by Gasteiger charge is -2.05. The fraction of sp³-hybridized carbons (Fsp3) is 0.385. The highest BCUT2D eigenvalue weighted by Gasteiger charge is 2.02. The Morgan fingerprint density at radius 3 is 2.65 bits per heavy atom. The molecular formula is C13H16BrNO4S. The molecule has 0 aliphatic carbocycles. The van der Waals surface area contributed by atoms with Gasteiger partial charge in [0.25, 0.3) is 0 Å². The Balaban J connectivity index is 2.05. The third-order valence-corrected chi connectivity index (χ3v) is 3.75. The van der Waals surface area contributed by atoms with Gasteiger partial charge in [-0.15, -0.1) is 11.8 Å². The van der Waals surface area contributed by atoms with Gasteiger partial charge in [-0.1, -0.05) is 15.9 Å². The van der Waals surface area contributed by atoms with Crippen molar-refractivity contribution in [3.63, 3.8) is 0 Å². The normalized spacial score (nSPS) is 10.2. The van der Waals surface area contributed by atoms with Crippen LogP contribution in [0.3, 0.4) is 0 Å². The number of aliphatic carboxylic acids is 1. The summed E-state index contributed by atoms with van der Waals surface area (Å²) >= 11 is 4.98. The van der Waals surface area contributed by atoms with E-state index in [9.17, 15) is 9.59 Å². The number of hydrogen-bond donors (Lipinski definition) is 2. The van der Waals surface area contributed by atoms with E-state index in [1.165, 1.54) is 0 Å². The summed E-state index contributed by atoms with van der Waals surface area (Å²) in [7, 11) is 0. The van der Waals surface area contributed by atoms with Crippen LogP contribution in [-0.4, -0.2) is 42.5 Å². The minimum absolute atomic E-state index is 0.0615. The van der Waals surface area contributed by atoms with E-state index in [1.807, 2.05) is 24.3 Å². The number of benzene rings is 1. The van der Waals surface area contributed by atoms with Crippen molar-refractivity contribution < 1.29 is 19.4 Å². The number of carboxylic acid groups (broad SMARTS) is 1. The second-order valence-electron chi connectivity index (χ2n) is 3.85. The first-order valence-electron chi connectivity index (χ1n) is 6.02. The van der Waals surface area contributed by atoms with Gasteiger partial charge < -0.3 is 15.2 Å². The molecule has 0 saturated carbocycles. The molecule has 0 spiro atoms. The molecule has 0 atom stereocenters. The summed E-state index contributed by atoms with van der Waals surface area (Å²) in [5.41, 5.74) is 0. The molecule has 5 nitrogen and oxygen atoms in total. The number of carboxylic acids is 1. The number of halogens is 1. The van der Waals surface area contributed by atoms with Gasteiger partial charge in [0.1, 0.15) is 6.61 Å². The topological polar surface area (TPSA) is 75.6 Å². The number of carbonyl (C=O) groups excluding carboxylic acids is 1. The fourth-order valence-electron chi connectivity index (χ4n) is 1.30. The third kappa shape index (κ3) is 8.19. The quantitative estimate of drug-likeness (QED) is 0.520. The summed E-state index contributed by atoms with van der Waals surface area (Å²) in [6, 6.07) is 7.91. The molecule has 1 aromatic rings. The van der Waals surface area contributed by atoms with E-state index in [0.29, 0.717) is 18.7 Å². The molecule has 1 rings (SSSR count). The van der Waals surface area contributed by atoms with Gasteiger partial charge in [-0.05, 0) is 24.3 Å². The zero-order valence-electron chi connectivity index (χ0n) is 10.8. The van der Waals surface area contributed by atoms with Gasteiger partial charge >= 0.3 is 5.97 Å². The molecular weight excluding hydrogens is 346 g/mol. The van der Waals surface area contributed by atoms with Gasteiger partial charge in [0, 0.05) is 28.1 Å². The van der Waals surface area contributed by atoms with Crippen molar-refractivity contribution in [3.05, 3.63) is 28.7 Å². The molecule has 20 heavy (non-hydrogen) atoms. The Labute approximate surface area is 130 Å². The Kier molecular flexibility index (Phi) is 8.32. The summed E-state index contributed by atoms with van der Waals surface area (Å²) in [5.74, 6) is -0.376. The lowest BCUT2D eigenvalue weighted by Crippen LogP contribution is -2.28. The van der Waals surface area contributed by atoms with E-state index < -0.39 is 5.97 Å². The largest absolute Gasteiger partial charge is 0.480 e. The summed E-state index contributed by atoms with van der Waals surface area (Å²) in [6.45, 7) is 0.197. The smallest absolute Gasteiger partial charge is 0.329 e. The summed E-state index contributed by atoms with van der Waals surface area (Å²) < 4.78 is 5.84. The van der Waals surface area contributed by atoms with Crippen LogP contribution in [0.1, 0.15) is 6.42 Å². The van der Waals surface area contributed by atoms with Gasteiger partial charge in [0.2, 0.25) is 5.91 Å². The molecule has 0 aliphatic heterocycles. The Morgan fingerprint density at radius 2 is 2.00 bits per heavy atom. The molecule has 1 aromatic carbocycles. The lowest BCUT2D eigenvalue weighted by atomic mass is 10.4. The predicted octanol–water partition coefficient (Wildman–Crippen LogP) is 2.15. The first-order valence-corrected chi connectivity index (χ1v) is 7.80. The summed E-state index contributed by atoms with van der Waals surface area (Å²) in [4.78, 5) is 22.8. The highest BCUT2D eigenvalue weighted by Crippen LogP contribution is 2.20. The van der Waals surface area contributed by atoms with E-state index in [0.717, 1.165) is 9.37 Å². The van der Waals surface area contributed by atoms with Crippen molar-refractivity contribution in [2.24, 2.45) is 0 Å². The van der Waals surface area contributed by atoms with Crippen LogP contribution >= 0.6 is 27.7 Å². The maximum atomic E-state index is 11.5. The highest BCUT2D eigenvalue weighted by atomic mass is 79.9. The number of thioether (sulfide) groups is 1. The standard InChI is InChI=1S/C13H16BrNO4S/c14-10-1-3-11(4-2-10)20-8-5-12(16)15-6-7-19-9-13(17)18/h1-4H,5-9H2,(H,15,16)(H,17,18). The fourth-order valence-corrected chi connectivity index (χ4v) is 2.42. The first-order chi connectivity index (χ1) is 9.58. The average Bonchev–Trinajstić information content (AvgIpc) is 2.40. The maximum absolute atomic E-state index is 11.5. The van der Waals surface area contributed by atoms with Crippen molar-refractivity contribution in [2.75, 3.05) is 25.5 Å². The number of carbonyl (C=O) groups is 2. The third-order valence-electron chi connectivity index (χ3n) is 2.21. The zero-order valence-corrected chi connectivity index (χ0v) is 13.2. The van der Waals surface area contributed by atoms with Crippen molar-refractivity contribution in [1.82, 2.24) is 5.32 Å². The summed E-state index contributed by atoms with van der Waals surface area (Å²) in [6.07, 6.45) is 0.416. The van der Waals surface area contributed by atoms with Crippen LogP contribution in [0.5, 0.6) is 0 Å². The van der Waals surface area contributed by atoms with Crippen LogP contribution in [0.2, 0.25) is 0 Å². The number of rotatable bonds is 9. The molecule has 0 saturated heterocycles. The van der Waals surface area contributed by atoms with Crippen LogP contribution in [0.25, 0.3) is 0 Å². The summed E-state index contributed by atoms with van der Waals surface area (Å²) in [5, 5.41) is 11.0. The van der Waals surface area contributed by atoms with Gasteiger partial charge in [-0.25, -0.2) is 4.79 Å². The first kappa shape index (κ1) is 17.0. The van der Waals surface area contributed by atoms with Crippen molar-refractivity contribution in [3.8, 4) is 0 Å². The van der Waals surface area contributed by atoms with E-state index in [2.05, 4.69) is 21.2 Å². The van der Waals surface area contributed by atoms with Crippen molar-refractivity contribution in [1.29, 1.82) is 0 Å². The second kappa shape index (κ2) is 9.79. The molecule has 7 heteroatoms. The maximum Gasteiger partial charge on any atom is 0.329 e. The van der Waals surface area contributed by atoms with E-state index in [-0.39, 0.29) is 19.1 Å². The van der Waals surface area contributed by atoms with Crippen molar-refractivity contribution in [2.45, 2.75) is 11.3 Å². The monoisotopic (exact) mass is 361 g/mol. The zero-order chi connectivity index (χ0) is 14.8. The van der Waals surface area contributed by atoms with Crippen LogP contribution < -0.4 is 5.32 Å². The van der Waals surface area contributed by atoms with Gasteiger partial charge in [-0.3, -0.25) is 4.79 Å². The molecule has 0 aliphatic rings. The second-order valence-corrected chi connectivity index (χ2v) is 5.93. The molecule has 0 radical (unpaired) electrons. The molecule has 0 aromatic heterocycles. The van der Waals surface area contributed by atoms with E-state index >= 15 is 0 Å². The minimum Gasteiger partial charge on any atom is -0.480 e. The van der Waals surface area contributed by atoms with Crippen molar-refractivity contribution >= 4 is 39.6 Å². The van der Waals surface area contributed by atoms with Crippen LogP contribution in [0.15, 0.2) is 33.6 Å². The molecule has 110 valence electrons. The Hall–Kier alpha value is -1.05. The van der Waals surface area contributed by atoms with Crippen LogP contribution in [-0.2, 0) is 14.3 Å². The SMILES string of the molecule is O=C(O)COCCNC(=O)CCSc1ccc(Br)cc1. The molecule has 0 fully saturated rings. The molecule has 0 bridgehead atoms. The lowest BCUT2D eigenvalue weighted by molar-refractivity contribution is -0.142. The number of nitrogens with one attached hydrogen (secondary N) is 1. The Bertz CT molecular complexity index is 439. The molecule has 0 heterocycles. The number of amides is 1. The average molecular weight is 362 g/mol. The number of ether oxygens (including phenoxy) is 1. The minimum atomic E-state index is -1.01. The number of hydrogen-bond acceptors (Lipinski definition) is 4. The molecule has 2 N–H and O–H groups in total. The van der Waals surface area contributed by atoms with Crippen LogP contribution in [0, 0.1) is 0 Å². The van der Waals surface area contributed by atoms with Gasteiger partial charge in [-0.2, -0.15) is 0 Å². The molecule has 0 unspecified atom stereocenters.